The molecule has 0 amide bonds. The third kappa shape index (κ3) is 5.22. The van der Waals surface area contributed by atoms with Crippen LogP contribution in [0.5, 0.6) is 0 Å². The summed E-state index contributed by atoms with van der Waals surface area (Å²) < 4.78 is 7.78. The summed E-state index contributed by atoms with van der Waals surface area (Å²) in [6.45, 7) is 5.29. The Morgan fingerprint density at radius 1 is 1.17 bits per heavy atom. The Labute approximate surface area is 205 Å². The molecule has 1 N–H and O–H groups in total. The van der Waals surface area contributed by atoms with Crippen LogP contribution in [-0.4, -0.2) is 30.1 Å². The quantitative estimate of drug-likeness (QED) is 0.346. The molecule has 0 spiro atoms. The zero-order valence-corrected chi connectivity index (χ0v) is 20.6. The van der Waals surface area contributed by atoms with Gasteiger partial charge in [-0.05, 0) is 72.3 Å². The molecule has 1 aromatic carbocycles. The molecule has 4 aromatic rings. The van der Waals surface area contributed by atoms with Crippen molar-refractivity contribution in [3.63, 3.8) is 0 Å². The molecule has 8 nitrogen and oxygen atoms in total. The van der Waals surface area contributed by atoms with Gasteiger partial charge in [0.1, 0.15) is 5.76 Å². The van der Waals surface area contributed by atoms with Crippen LogP contribution in [0.2, 0.25) is 0 Å². The number of H-pyrrole nitrogens is 1. The summed E-state index contributed by atoms with van der Waals surface area (Å²) in [5.41, 5.74) is 2.69. The Bertz CT molecular complexity index is 1300. The van der Waals surface area contributed by atoms with Crippen molar-refractivity contribution in [1.29, 1.82) is 0 Å². The Morgan fingerprint density at radius 3 is 2.80 bits per heavy atom. The molecule has 1 aliphatic carbocycles. The van der Waals surface area contributed by atoms with E-state index in [9.17, 15) is 4.79 Å². The Morgan fingerprint density at radius 2 is 2.03 bits per heavy atom. The standard InChI is InChI=1S/C27H34N6O2/c1-3-8-25(26-29-30-31-33(26)22-9-5-4-6-10-22)32(18-23-11-7-14-35-23)17-21-16-20-15-19(2)12-13-24(20)28-27(21)34/h7,11-16,22,25H,3-6,8-10,17-18H2,1-2H3,(H,28,34)/t25-/m0/s1. The van der Waals surface area contributed by atoms with Gasteiger partial charge in [-0.25, -0.2) is 4.68 Å². The number of hydrogen-bond donors (Lipinski definition) is 1. The van der Waals surface area contributed by atoms with Gasteiger partial charge in [-0.15, -0.1) is 5.10 Å². The van der Waals surface area contributed by atoms with Crippen molar-refractivity contribution in [2.24, 2.45) is 0 Å². The fourth-order valence-electron chi connectivity index (χ4n) is 5.34. The number of aryl methyl sites for hydroxylation is 1. The Balaban J connectivity index is 1.53. The van der Waals surface area contributed by atoms with Crippen molar-refractivity contribution in [3.8, 4) is 0 Å². The van der Waals surface area contributed by atoms with Gasteiger partial charge in [0.2, 0.25) is 0 Å². The van der Waals surface area contributed by atoms with E-state index in [1.54, 1.807) is 6.26 Å². The number of hydrogen-bond acceptors (Lipinski definition) is 6. The highest BCUT2D eigenvalue weighted by Gasteiger charge is 2.30. The first-order chi connectivity index (χ1) is 17.1. The van der Waals surface area contributed by atoms with Gasteiger partial charge in [0.05, 0.1) is 24.9 Å². The number of aromatic amines is 1. The van der Waals surface area contributed by atoms with Gasteiger partial charge in [0.15, 0.2) is 5.82 Å². The molecular weight excluding hydrogens is 440 g/mol. The summed E-state index contributed by atoms with van der Waals surface area (Å²) in [4.78, 5) is 18.4. The number of aromatic nitrogens is 5. The molecule has 35 heavy (non-hydrogen) atoms. The maximum absolute atomic E-state index is 13.1. The first kappa shape index (κ1) is 23.5. The highest BCUT2D eigenvalue weighted by molar-refractivity contribution is 5.79. The smallest absolute Gasteiger partial charge is 0.252 e. The minimum absolute atomic E-state index is 0.0327. The summed E-state index contributed by atoms with van der Waals surface area (Å²) >= 11 is 0. The van der Waals surface area contributed by atoms with Gasteiger partial charge in [0, 0.05) is 17.6 Å². The van der Waals surface area contributed by atoms with E-state index in [0.29, 0.717) is 19.1 Å². The molecule has 5 rings (SSSR count). The third-order valence-corrected chi connectivity index (χ3v) is 7.13. The highest BCUT2D eigenvalue weighted by atomic mass is 16.3. The molecule has 3 aromatic heterocycles. The summed E-state index contributed by atoms with van der Waals surface area (Å²) in [6.07, 6.45) is 9.48. The molecule has 0 radical (unpaired) electrons. The molecule has 0 bridgehead atoms. The van der Waals surface area contributed by atoms with Crippen LogP contribution in [0.3, 0.4) is 0 Å². The molecule has 3 heterocycles. The maximum Gasteiger partial charge on any atom is 0.252 e. The molecule has 1 saturated carbocycles. The number of fused-ring (bicyclic) bond motifs is 1. The van der Waals surface area contributed by atoms with E-state index < -0.39 is 0 Å². The van der Waals surface area contributed by atoms with Crippen LogP contribution in [0.25, 0.3) is 10.9 Å². The van der Waals surface area contributed by atoms with Crippen LogP contribution < -0.4 is 5.56 Å². The Kier molecular flexibility index (Phi) is 7.08. The zero-order chi connectivity index (χ0) is 24.2. The second-order valence-corrected chi connectivity index (χ2v) is 9.78. The van der Waals surface area contributed by atoms with E-state index in [0.717, 1.165) is 53.7 Å². The number of furan rings is 1. The second-order valence-electron chi connectivity index (χ2n) is 9.78. The van der Waals surface area contributed by atoms with Gasteiger partial charge in [-0.3, -0.25) is 9.69 Å². The van der Waals surface area contributed by atoms with Crippen molar-refractivity contribution < 1.29 is 4.42 Å². The first-order valence-corrected chi connectivity index (χ1v) is 12.8. The normalized spacial score (nSPS) is 15.7. The van der Waals surface area contributed by atoms with Crippen molar-refractivity contribution >= 4 is 10.9 Å². The van der Waals surface area contributed by atoms with E-state index in [1.807, 2.05) is 30.3 Å². The Hall–Kier alpha value is -3.26. The number of tetrazole rings is 1. The number of benzene rings is 1. The van der Waals surface area contributed by atoms with Crippen molar-refractivity contribution in [2.45, 2.75) is 84.0 Å². The second kappa shape index (κ2) is 10.6. The molecule has 0 aliphatic heterocycles. The van der Waals surface area contributed by atoms with Gasteiger partial charge >= 0.3 is 0 Å². The van der Waals surface area contributed by atoms with E-state index >= 15 is 0 Å². The van der Waals surface area contributed by atoms with Crippen LogP contribution in [0.15, 0.2) is 51.9 Å². The van der Waals surface area contributed by atoms with E-state index in [-0.39, 0.29) is 11.6 Å². The van der Waals surface area contributed by atoms with E-state index in [2.05, 4.69) is 50.0 Å². The van der Waals surface area contributed by atoms with Crippen LogP contribution in [0.4, 0.5) is 0 Å². The highest BCUT2D eigenvalue weighted by Crippen LogP contribution is 2.33. The van der Waals surface area contributed by atoms with Gasteiger partial charge in [0.25, 0.3) is 5.56 Å². The topological polar surface area (TPSA) is 92.8 Å². The molecular formula is C27H34N6O2. The molecule has 8 heteroatoms. The molecule has 0 unspecified atom stereocenters. The van der Waals surface area contributed by atoms with Gasteiger partial charge in [-0.2, -0.15) is 0 Å². The minimum atomic E-state index is -0.0621. The van der Waals surface area contributed by atoms with Crippen molar-refractivity contribution in [2.75, 3.05) is 0 Å². The molecule has 184 valence electrons. The van der Waals surface area contributed by atoms with Crippen molar-refractivity contribution in [3.05, 3.63) is 75.7 Å². The fraction of sp³-hybridized carbons (Fsp3) is 0.481. The average Bonchev–Trinajstić information content (AvgIpc) is 3.56. The summed E-state index contributed by atoms with van der Waals surface area (Å²) in [5.74, 6) is 1.74. The largest absolute Gasteiger partial charge is 0.468 e. The number of rotatable bonds is 9. The lowest BCUT2D eigenvalue weighted by molar-refractivity contribution is 0.139. The predicted molar refractivity (Wildman–Crippen MR) is 135 cm³/mol. The molecule has 1 atom stereocenters. The summed E-state index contributed by atoms with van der Waals surface area (Å²) in [6, 6.07) is 12.3. The lowest BCUT2D eigenvalue weighted by atomic mass is 9.95. The lowest BCUT2D eigenvalue weighted by Crippen LogP contribution is -2.33. The number of pyridine rings is 1. The zero-order valence-electron chi connectivity index (χ0n) is 20.6. The SMILES string of the molecule is CCC[C@@H](c1nnnn1C1CCCCC1)N(Cc1ccco1)Cc1cc2cc(C)ccc2[nH]c1=O. The first-order valence-electron chi connectivity index (χ1n) is 12.8. The average molecular weight is 475 g/mol. The van der Waals surface area contributed by atoms with Crippen LogP contribution in [0, 0.1) is 6.92 Å². The summed E-state index contributed by atoms with van der Waals surface area (Å²) in [7, 11) is 0. The van der Waals surface area contributed by atoms with Crippen LogP contribution >= 0.6 is 0 Å². The van der Waals surface area contributed by atoms with Gasteiger partial charge < -0.3 is 9.40 Å². The number of nitrogens with zero attached hydrogens (tertiary/aromatic N) is 5. The van der Waals surface area contributed by atoms with E-state index in [1.165, 1.54) is 24.8 Å². The lowest BCUT2D eigenvalue weighted by Gasteiger charge is -2.32. The van der Waals surface area contributed by atoms with Gasteiger partial charge in [-0.1, -0.05) is 44.2 Å². The van der Waals surface area contributed by atoms with Crippen LogP contribution in [-0.2, 0) is 13.1 Å². The minimum Gasteiger partial charge on any atom is -0.468 e. The third-order valence-electron chi connectivity index (χ3n) is 7.13. The molecule has 1 aliphatic rings. The van der Waals surface area contributed by atoms with Crippen LogP contribution in [0.1, 0.15) is 86.7 Å². The van der Waals surface area contributed by atoms with Crippen molar-refractivity contribution in [1.82, 2.24) is 30.1 Å². The summed E-state index contributed by atoms with van der Waals surface area (Å²) in [5, 5.41) is 14.1. The molecule has 0 saturated heterocycles. The molecule has 1 fully saturated rings. The monoisotopic (exact) mass is 474 g/mol. The number of nitrogens with one attached hydrogen (secondary N) is 1. The fourth-order valence-corrected chi connectivity index (χ4v) is 5.34. The predicted octanol–water partition coefficient (Wildman–Crippen LogP) is 5.46. The van der Waals surface area contributed by atoms with E-state index in [4.69, 9.17) is 4.42 Å². The maximum atomic E-state index is 13.1.